The summed E-state index contributed by atoms with van der Waals surface area (Å²) >= 11 is 0. The Morgan fingerprint density at radius 2 is 2.33 bits per heavy atom. The van der Waals surface area contributed by atoms with E-state index in [-0.39, 0.29) is 6.42 Å². The van der Waals surface area contributed by atoms with Crippen LogP contribution in [0.2, 0.25) is 0 Å². The van der Waals surface area contributed by atoms with Crippen molar-refractivity contribution in [1.29, 1.82) is 0 Å². The number of phosphoric acid groups is 1. The summed E-state index contributed by atoms with van der Waals surface area (Å²) in [7, 11) is -5.21. The lowest BCUT2D eigenvalue weighted by Crippen LogP contribution is -2.41. The molecular weight excluding hydrogens is 227 g/mol. The van der Waals surface area contributed by atoms with Gasteiger partial charge in [0, 0.05) is 6.42 Å². The van der Waals surface area contributed by atoms with Crippen molar-refractivity contribution < 1.29 is 33.8 Å². The van der Waals surface area contributed by atoms with Crippen LogP contribution in [0.3, 0.4) is 0 Å². The van der Waals surface area contributed by atoms with Crippen LogP contribution < -0.4 is 9.79 Å². The summed E-state index contributed by atoms with van der Waals surface area (Å²) in [5, 5.41) is 18.3. The number of hydrogen-bond acceptors (Lipinski definition) is 7. The van der Waals surface area contributed by atoms with Gasteiger partial charge in [0.15, 0.2) is 11.9 Å². The Hall–Kier alpha value is -0.450. The molecule has 0 aromatic rings. The zero-order chi connectivity index (χ0) is 11.7. The summed E-state index contributed by atoms with van der Waals surface area (Å²) in [6, 6.07) is 0. The Bertz CT molecular complexity index is 318. The van der Waals surface area contributed by atoms with Gasteiger partial charge in [0.1, 0.15) is 6.10 Å². The smallest absolute Gasteiger partial charge is 0.180 e. The van der Waals surface area contributed by atoms with E-state index >= 15 is 0 Å². The molecule has 0 unspecified atom stereocenters. The first-order chi connectivity index (χ1) is 6.83. The van der Waals surface area contributed by atoms with E-state index in [0.29, 0.717) is 0 Å². The molecule has 86 valence electrons. The summed E-state index contributed by atoms with van der Waals surface area (Å²) < 4.78 is 19.0. The van der Waals surface area contributed by atoms with Crippen LogP contribution in [-0.2, 0) is 13.8 Å². The number of phosphoric ester groups is 1. The predicted molar refractivity (Wildman–Crippen MR) is 42.8 cm³/mol. The second-order valence-corrected chi connectivity index (χ2v) is 4.15. The van der Waals surface area contributed by atoms with E-state index in [4.69, 9.17) is 16.3 Å². The molecule has 0 radical (unpaired) electrons. The Labute approximate surface area is 85.9 Å². The van der Waals surface area contributed by atoms with Crippen molar-refractivity contribution in [2.75, 3.05) is 6.61 Å². The van der Waals surface area contributed by atoms with Gasteiger partial charge in [0.25, 0.3) is 0 Å². The molecule has 15 heavy (non-hydrogen) atoms. The number of aliphatic hydroxyl groups excluding tert-OH is 2. The van der Waals surface area contributed by atoms with Gasteiger partial charge in [-0.05, 0) is 0 Å². The quantitative estimate of drug-likeness (QED) is 0.404. The predicted octanol–water partition coefficient (Wildman–Crippen LogP) is -2.70. The normalized spacial score (nSPS) is 36.5. The summed E-state index contributed by atoms with van der Waals surface area (Å²) in [5.41, 5.74) is -1.71. The molecule has 0 spiro atoms. The Balaban J connectivity index is 2.72. The van der Waals surface area contributed by atoms with E-state index < -0.39 is 32.4 Å². The standard InChI is InChI=1S/C7H11O7P/c1-2-7(4-8)5(9)3-6(13-7)14-15(10,11)12/h1,5-6,8-9H,3-4H2,(H2,10,11,12)/p-2/t5-,6+,7+/m0/s1. The molecule has 0 amide bonds. The van der Waals surface area contributed by atoms with Crippen molar-refractivity contribution in [3.05, 3.63) is 0 Å². The highest BCUT2D eigenvalue weighted by molar-refractivity contribution is 7.43. The summed E-state index contributed by atoms with van der Waals surface area (Å²) in [6.45, 7) is -0.702. The third-order valence-corrected chi connectivity index (χ3v) is 2.51. The monoisotopic (exact) mass is 236 g/mol. The lowest BCUT2D eigenvalue weighted by molar-refractivity contribution is -0.352. The first-order valence-electron chi connectivity index (χ1n) is 3.98. The van der Waals surface area contributed by atoms with Crippen molar-refractivity contribution in [1.82, 2.24) is 0 Å². The van der Waals surface area contributed by atoms with E-state index in [1.54, 1.807) is 0 Å². The molecule has 2 N–H and O–H groups in total. The van der Waals surface area contributed by atoms with E-state index in [9.17, 15) is 19.5 Å². The summed E-state index contributed by atoms with van der Waals surface area (Å²) in [5.74, 6) is 2.00. The van der Waals surface area contributed by atoms with Gasteiger partial charge in [-0.25, -0.2) is 0 Å². The molecular formula is C7H9O7P-2. The van der Waals surface area contributed by atoms with Crippen LogP contribution in [0.5, 0.6) is 0 Å². The maximum Gasteiger partial charge on any atom is 0.180 e. The van der Waals surface area contributed by atoms with E-state index in [1.165, 1.54) is 0 Å². The van der Waals surface area contributed by atoms with Gasteiger partial charge in [-0.1, -0.05) is 5.92 Å². The largest absolute Gasteiger partial charge is 0.790 e. The first kappa shape index (κ1) is 12.6. The maximum absolute atomic E-state index is 10.3. The van der Waals surface area contributed by atoms with Crippen molar-refractivity contribution in [3.8, 4) is 12.3 Å². The van der Waals surface area contributed by atoms with Gasteiger partial charge in [0.2, 0.25) is 0 Å². The van der Waals surface area contributed by atoms with Crippen LogP contribution in [0.25, 0.3) is 0 Å². The van der Waals surface area contributed by atoms with Gasteiger partial charge < -0.3 is 33.8 Å². The SMILES string of the molecule is C#C[C@]1(CO)O[C@H](OP(=O)([O-])[O-])C[C@@H]1O. The average Bonchev–Trinajstić information content (AvgIpc) is 2.40. The molecule has 7 nitrogen and oxygen atoms in total. The van der Waals surface area contributed by atoms with Gasteiger partial charge >= 0.3 is 0 Å². The Kier molecular flexibility index (Phi) is 3.53. The van der Waals surface area contributed by atoms with Crippen molar-refractivity contribution in [2.24, 2.45) is 0 Å². The molecule has 0 aromatic heterocycles. The minimum Gasteiger partial charge on any atom is -0.790 e. The molecule has 1 rings (SSSR count). The van der Waals surface area contributed by atoms with Crippen molar-refractivity contribution in [3.63, 3.8) is 0 Å². The van der Waals surface area contributed by atoms with Gasteiger partial charge in [-0.15, -0.1) is 6.42 Å². The fourth-order valence-electron chi connectivity index (χ4n) is 1.26. The van der Waals surface area contributed by atoms with Gasteiger partial charge in [0.05, 0.1) is 14.4 Å². The van der Waals surface area contributed by atoms with Crippen LogP contribution >= 0.6 is 7.82 Å². The molecule has 3 atom stereocenters. The minimum absolute atomic E-state index is 0.292. The molecule has 1 heterocycles. The molecule has 1 saturated heterocycles. The molecule has 0 aromatic carbocycles. The fraction of sp³-hybridized carbons (Fsp3) is 0.714. The highest BCUT2D eigenvalue weighted by Crippen LogP contribution is 2.37. The zero-order valence-electron chi connectivity index (χ0n) is 7.53. The molecule has 0 aliphatic carbocycles. The first-order valence-corrected chi connectivity index (χ1v) is 5.44. The Morgan fingerprint density at radius 3 is 2.67 bits per heavy atom. The van der Waals surface area contributed by atoms with Crippen molar-refractivity contribution in [2.45, 2.75) is 24.4 Å². The van der Waals surface area contributed by atoms with Crippen LogP contribution in [0, 0.1) is 12.3 Å². The highest BCUT2D eigenvalue weighted by Gasteiger charge is 2.47. The number of hydrogen-bond donors (Lipinski definition) is 2. The number of ether oxygens (including phenoxy) is 1. The van der Waals surface area contributed by atoms with E-state index in [2.05, 4.69) is 4.52 Å². The van der Waals surface area contributed by atoms with Crippen LogP contribution in [0.15, 0.2) is 0 Å². The van der Waals surface area contributed by atoms with Crippen LogP contribution in [0.4, 0.5) is 0 Å². The molecule has 1 fully saturated rings. The zero-order valence-corrected chi connectivity index (χ0v) is 8.42. The third-order valence-electron chi connectivity index (χ3n) is 2.02. The van der Waals surface area contributed by atoms with E-state index in [0.717, 1.165) is 0 Å². The maximum atomic E-state index is 10.3. The van der Waals surface area contributed by atoms with Crippen LogP contribution in [0.1, 0.15) is 6.42 Å². The van der Waals surface area contributed by atoms with Crippen LogP contribution in [-0.4, -0.2) is 34.8 Å². The second-order valence-electron chi connectivity index (χ2n) is 3.04. The number of rotatable bonds is 3. The average molecular weight is 236 g/mol. The molecule has 1 aliphatic heterocycles. The third kappa shape index (κ3) is 2.77. The van der Waals surface area contributed by atoms with Gasteiger partial charge in [-0.3, -0.25) is 0 Å². The molecule has 8 heteroatoms. The van der Waals surface area contributed by atoms with E-state index in [1.807, 2.05) is 5.92 Å². The minimum atomic E-state index is -5.21. The lowest BCUT2D eigenvalue weighted by Gasteiger charge is -2.32. The topological polar surface area (TPSA) is 122 Å². The summed E-state index contributed by atoms with van der Waals surface area (Å²) in [4.78, 5) is 20.5. The fourth-order valence-corrected chi connectivity index (χ4v) is 1.68. The number of terminal acetylenes is 1. The Morgan fingerprint density at radius 1 is 1.73 bits per heavy atom. The van der Waals surface area contributed by atoms with Gasteiger partial charge in [-0.2, -0.15) is 0 Å². The summed E-state index contributed by atoms with van der Waals surface area (Å²) in [6.07, 6.45) is 1.98. The second kappa shape index (κ2) is 4.20. The molecule has 0 bridgehead atoms. The van der Waals surface area contributed by atoms with Crippen molar-refractivity contribution >= 4 is 7.82 Å². The lowest BCUT2D eigenvalue weighted by atomic mass is 9.99. The number of aliphatic hydroxyl groups is 2. The molecule has 0 saturated carbocycles. The molecule has 1 aliphatic rings. The highest BCUT2D eigenvalue weighted by atomic mass is 31.2.